The van der Waals surface area contributed by atoms with E-state index >= 15 is 0 Å². The molecule has 5 rings (SSSR count). The Morgan fingerprint density at radius 1 is 1.09 bits per heavy atom. The van der Waals surface area contributed by atoms with Crippen molar-refractivity contribution in [3.63, 3.8) is 0 Å². The number of benzene rings is 2. The van der Waals surface area contributed by atoms with E-state index in [1.165, 1.54) is 24.3 Å². The Kier molecular flexibility index (Phi) is 6.34. The number of hydrogen-bond donors (Lipinski definition) is 0. The quantitative estimate of drug-likeness (QED) is 0.453. The summed E-state index contributed by atoms with van der Waals surface area (Å²) < 4.78 is 42.0. The van der Waals surface area contributed by atoms with Crippen molar-refractivity contribution in [3.05, 3.63) is 78.1 Å². The minimum atomic E-state index is -1.13. The molecule has 2 aromatic carbocycles. The number of fused-ring (bicyclic) bond motifs is 1. The summed E-state index contributed by atoms with van der Waals surface area (Å²) >= 11 is 0. The molecule has 4 atom stereocenters. The Morgan fingerprint density at radius 3 is 2.56 bits per heavy atom. The molecule has 1 saturated carbocycles. The van der Waals surface area contributed by atoms with Crippen LogP contribution in [0.15, 0.2) is 66.7 Å². The second-order valence-corrected chi connectivity index (χ2v) is 8.63. The number of ether oxygens (including phenoxy) is 5. The van der Waals surface area contributed by atoms with Crippen molar-refractivity contribution in [2.45, 2.75) is 30.8 Å². The van der Waals surface area contributed by atoms with E-state index in [0.717, 1.165) is 0 Å². The van der Waals surface area contributed by atoms with Gasteiger partial charge in [-0.15, -0.1) is 0 Å². The zero-order valence-electron chi connectivity index (χ0n) is 18.4. The lowest BCUT2D eigenvalue weighted by atomic mass is 9.91. The van der Waals surface area contributed by atoms with Crippen LogP contribution < -0.4 is 4.74 Å². The van der Waals surface area contributed by atoms with Gasteiger partial charge in [-0.1, -0.05) is 24.3 Å². The van der Waals surface area contributed by atoms with E-state index in [0.29, 0.717) is 30.9 Å². The third-order valence-corrected chi connectivity index (χ3v) is 6.42. The first-order chi connectivity index (χ1) is 16.5. The Hall–Kier alpha value is -3.23. The Labute approximate surface area is 196 Å². The fourth-order valence-electron chi connectivity index (χ4n) is 4.74. The fraction of sp³-hybridized carbons (Fsp3) is 0.385. The minimum absolute atomic E-state index is 0.0554. The zero-order valence-corrected chi connectivity index (χ0v) is 18.4. The molecule has 34 heavy (non-hydrogen) atoms. The molecular weight excluding hydrogens is 443 g/mol. The molecule has 2 aliphatic heterocycles. The Morgan fingerprint density at radius 2 is 1.82 bits per heavy atom. The van der Waals surface area contributed by atoms with E-state index in [2.05, 4.69) is 0 Å². The van der Waals surface area contributed by atoms with Crippen LogP contribution in [0.5, 0.6) is 5.75 Å². The van der Waals surface area contributed by atoms with E-state index in [-0.39, 0.29) is 42.8 Å². The van der Waals surface area contributed by atoms with Gasteiger partial charge in [0.1, 0.15) is 30.4 Å². The largest absolute Gasteiger partial charge is 0.488 e. The molecule has 3 aliphatic rings. The lowest BCUT2D eigenvalue weighted by Gasteiger charge is -2.26. The van der Waals surface area contributed by atoms with Gasteiger partial charge in [-0.05, 0) is 42.5 Å². The van der Waals surface area contributed by atoms with Crippen LogP contribution in [0, 0.1) is 17.7 Å². The molecule has 0 aromatic heterocycles. The van der Waals surface area contributed by atoms with Crippen LogP contribution in [0.4, 0.5) is 4.39 Å². The Balaban J connectivity index is 1.32. The van der Waals surface area contributed by atoms with Crippen molar-refractivity contribution in [2.24, 2.45) is 11.8 Å². The first-order valence-corrected chi connectivity index (χ1v) is 11.3. The van der Waals surface area contributed by atoms with Crippen LogP contribution in [0.3, 0.4) is 0 Å². The minimum Gasteiger partial charge on any atom is -0.488 e. The molecule has 8 heteroatoms. The molecule has 1 aliphatic carbocycles. The average molecular weight is 468 g/mol. The van der Waals surface area contributed by atoms with Gasteiger partial charge < -0.3 is 23.7 Å². The molecule has 7 nitrogen and oxygen atoms in total. The molecule has 178 valence electrons. The Bertz CT molecular complexity index is 1050. The second-order valence-electron chi connectivity index (χ2n) is 8.63. The molecule has 2 saturated heterocycles. The highest BCUT2D eigenvalue weighted by Gasteiger charge is 2.51. The summed E-state index contributed by atoms with van der Waals surface area (Å²) in [4.78, 5) is 24.6. The van der Waals surface area contributed by atoms with Gasteiger partial charge in [-0.3, -0.25) is 4.79 Å². The predicted octanol–water partition coefficient (Wildman–Crippen LogP) is 3.68. The van der Waals surface area contributed by atoms with Gasteiger partial charge in [0.2, 0.25) is 5.79 Å². The highest BCUT2D eigenvalue weighted by Crippen LogP contribution is 2.44. The standard InChI is InChI=1S/C26H25FO7/c27-18-6-8-19(9-7-18)30-16-26(31-12-13-32-26)11-10-20-21-14-24(28)33-23(21)15-22(20)34-25(29)17-4-2-1-3-5-17/h1-11,20-23H,12-16H2/b11-10+/t20-,21-,22-,23+/m1/s1. The molecule has 0 amide bonds. The average Bonchev–Trinajstić information content (AvgIpc) is 3.53. The van der Waals surface area contributed by atoms with E-state index < -0.39 is 17.9 Å². The van der Waals surface area contributed by atoms with Gasteiger partial charge in [0, 0.05) is 18.3 Å². The SMILES string of the molecule is O=C1C[C@@H]2[C@@H](/C=C/C3(COc4ccc(F)cc4)OCCO3)[C@H](OC(=O)c3ccccc3)C[C@@H]2O1. The molecule has 2 heterocycles. The first-order valence-electron chi connectivity index (χ1n) is 11.3. The summed E-state index contributed by atoms with van der Waals surface area (Å²) in [7, 11) is 0. The van der Waals surface area contributed by atoms with Crippen molar-refractivity contribution in [2.75, 3.05) is 19.8 Å². The smallest absolute Gasteiger partial charge is 0.338 e. The van der Waals surface area contributed by atoms with Gasteiger partial charge in [0.15, 0.2) is 0 Å². The van der Waals surface area contributed by atoms with Crippen LogP contribution in [-0.2, 0) is 23.7 Å². The lowest BCUT2D eigenvalue weighted by Crippen LogP contribution is -2.36. The van der Waals surface area contributed by atoms with Crippen molar-refractivity contribution in [3.8, 4) is 5.75 Å². The number of carbonyl (C=O) groups excluding carboxylic acids is 2. The van der Waals surface area contributed by atoms with Gasteiger partial charge in [0.05, 0.1) is 25.2 Å². The van der Waals surface area contributed by atoms with Crippen LogP contribution in [0.25, 0.3) is 0 Å². The third-order valence-electron chi connectivity index (χ3n) is 6.42. The van der Waals surface area contributed by atoms with Crippen molar-refractivity contribution >= 4 is 11.9 Å². The maximum absolute atomic E-state index is 13.2. The maximum atomic E-state index is 13.2. The van der Waals surface area contributed by atoms with Crippen LogP contribution in [-0.4, -0.2) is 49.8 Å². The molecule has 0 N–H and O–H groups in total. The van der Waals surface area contributed by atoms with Gasteiger partial charge in [0.25, 0.3) is 0 Å². The molecule has 0 radical (unpaired) electrons. The van der Waals surface area contributed by atoms with E-state index in [1.807, 2.05) is 12.1 Å². The summed E-state index contributed by atoms with van der Waals surface area (Å²) in [5.41, 5.74) is 0.464. The normalized spacial score (nSPS) is 27.5. The van der Waals surface area contributed by atoms with E-state index in [1.54, 1.807) is 30.3 Å². The van der Waals surface area contributed by atoms with Crippen LogP contribution >= 0.6 is 0 Å². The van der Waals surface area contributed by atoms with E-state index in [4.69, 9.17) is 23.7 Å². The monoisotopic (exact) mass is 468 g/mol. The molecule has 0 spiro atoms. The van der Waals surface area contributed by atoms with Crippen molar-refractivity contribution in [1.82, 2.24) is 0 Å². The number of carbonyl (C=O) groups is 2. The second kappa shape index (κ2) is 9.56. The highest BCUT2D eigenvalue weighted by atomic mass is 19.1. The topological polar surface area (TPSA) is 80.3 Å². The van der Waals surface area contributed by atoms with Gasteiger partial charge in [-0.2, -0.15) is 0 Å². The third kappa shape index (κ3) is 4.83. The van der Waals surface area contributed by atoms with Gasteiger partial charge in [-0.25, -0.2) is 9.18 Å². The molecule has 3 fully saturated rings. The van der Waals surface area contributed by atoms with Crippen LogP contribution in [0.2, 0.25) is 0 Å². The molecule has 0 bridgehead atoms. The van der Waals surface area contributed by atoms with E-state index in [9.17, 15) is 14.0 Å². The number of hydrogen-bond acceptors (Lipinski definition) is 7. The summed E-state index contributed by atoms with van der Waals surface area (Å²) in [6.45, 7) is 0.837. The maximum Gasteiger partial charge on any atom is 0.338 e. The summed E-state index contributed by atoms with van der Waals surface area (Å²) in [6.07, 6.45) is 3.60. The van der Waals surface area contributed by atoms with Crippen molar-refractivity contribution < 1.29 is 37.7 Å². The number of esters is 2. The summed E-state index contributed by atoms with van der Waals surface area (Å²) in [6, 6.07) is 14.5. The predicted molar refractivity (Wildman–Crippen MR) is 117 cm³/mol. The molecule has 2 aromatic rings. The van der Waals surface area contributed by atoms with Crippen molar-refractivity contribution in [1.29, 1.82) is 0 Å². The number of halogens is 1. The summed E-state index contributed by atoms with van der Waals surface area (Å²) in [5, 5.41) is 0. The zero-order chi connectivity index (χ0) is 23.5. The molecular formula is C26H25FO7. The fourth-order valence-corrected chi connectivity index (χ4v) is 4.74. The van der Waals surface area contributed by atoms with Gasteiger partial charge >= 0.3 is 11.9 Å². The highest BCUT2D eigenvalue weighted by molar-refractivity contribution is 5.89. The van der Waals surface area contributed by atoms with Crippen LogP contribution in [0.1, 0.15) is 23.2 Å². The first kappa shape index (κ1) is 22.6. The lowest BCUT2D eigenvalue weighted by molar-refractivity contribution is -0.141. The summed E-state index contributed by atoms with van der Waals surface area (Å²) in [5.74, 6) is -2.02. The molecule has 0 unspecified atom stereocenters. The number of rotatable bonds is 7.